The van der Waals surface area contributed by atoms with Gasteiger partial charge < -0.3 is 0 Å². The lowest BCUT2D eigenvalue weighted by atomic mass is 9.80. The molecule has 2 rings (SSSR count). The Hall–Kier alpha value is -0.330. The van der Waals surface area contributed by atoms with Crippen LogP contribution in [0.4, 0.5) is 0 Å². The Morgan fingerprint density at radius 1 is 0.800 bits per heavy atom. The van der Waals surface area contributed by atoms with Crippen molar-refractivity contribution in [3.05, 3.63) is 0 Å². The Morgan fingerprint density at radius 3 is 1.93 bits per heavy atom. The van der Waals surface area contributed by atoms with Crippen LogP contribution in [-0.2, 0) is 4.79 Å². The molecule has 2 saturated carbocycles. The zero-order valence-electron chi connectivity index (χ0n) is 9.84. The molecule has 2 aliphatic carbocycles. The third-order valence-corrected chi connectivity index (χ3v) is 4.37. The molecule has 15 heavy (non-hydrogen) atoms. The molecule has 0 atom stereocenters. The summed E-state index contributed by atoms with van der Waals surface area (Å²) in [6.07, 6.45) is 14.3. The second-order valence-electron chi connectivity index (χ2n) is 5.56. The molecular formula is C14H24O. The van der Waals surface area contributed by atoms with Gasteiger partial charge in [-0.3, -0.25) is 4.79 Å². The molecule has 0 amide bonds. The zero-order chi connectivity index (χ0) is 10.5. The van der Waals surface area contributed by atoms with Crippen molar-refractivity contribution in [2.75, 3.05) is 0 Å². The summed E-state index contributed by atoms with van der Waals surface area (Å²) < 4.78 is 0. The van der Waals surface area contributed by atoms with Gasteiger partial charge in [0.05, 0.1) is 0 Å². The molecule has 0 aromatic heterocycles. The SMILES string of the molecule is O=C1CCC(CCC2CCCCC2)CC1. The molecular weight excluding hydrogens is 184 g/mol. The molecule has 2 fully saturated rings. The average molecular weight is 208 g/mol. The minimum Gasteiger partial charge on any atom is -0.300 e. The molecule has 86 valence electrons. The van der Waals surface area contributed by atoms with E-state index in [2.05, 4.69) is 0 Å². The first-order valence-corrected chi connectivity index (χ1v) is 6.86. The van der Waals surface area contributed by atoms with Gasteiger partial charge in [-0.05, 0) is 24.7 Å². The summed E-state index contributed by atoms with van der Waals surface area (Å²) >= 11 is 0. The molecule has 2 aliphatic rings. The number of hydrogen-bond acceptors (Lipinski definition) is 1. The molecule has 0 heterocycles. The third-order valence-electron chi connectivity index (χ3n) is 4.37. The topological polar surface area (TPSA) is 17.1 Å². The van der Waals surface area contributed by atoms with Crippen LogP contribution in [0.2, 0.25) is 0 Å². The molecule has 0 bridgehead atoms. The van der Waals surface area contributed by atoms with E-state index in [-0.39, 0.29) is 0 Å². The average Bonchev–Trinajstić information content (AvgIpc) is 2.30. The summed E-state index contributed by atoms with van der Waals surface area (Å²) in [5.41, 5.74) is 0. The predicted octanol–water partition coefficient (Wildman–Crippen LogP) is 4.11. The van der Waals surface area contributed by atoms with Crippen LogP contribution in [0, 0.1) is 11.8 Å². The zero-order valence-corrected chi connectivity index (χ0v) is 9.84. The fraction of sp³-hybridized carbons (Fsp3) is 0.929. The van der Waals surface area contributed by atoms with Crippen LogP contribution in [0.15, 0.2) is 0 Å². The summed E-state index contributed by atoms with van der Waals surface area (Å²) in [5, 5.41) is 0. The number of ketones is 1. The minimum absolute atomic E-state index is 0.504. The van der Waals surface area contributed by atoms with Crippen LogP contribution < -0.4 is 0 Å². The molecule has 1 nitrogen and oxygen atoms in total. The van der Waals surface area contributed by atoms with E-state index in [1.165, 1.54) is 57.8 Å². The van der Waals surface area contributed by atoms with E-state index < -0.39 is 0 Å². The smallest absolute Gasteiger partial charge is 0.132 e. The normalized spacial score (nSPS) is 25.7. The highest BCUT2D eigenvalue weighted by Gasteiger charge is 2.20. The lowest BCUT2D eigenvalue weighted by Gasteiger charge is -2.25. The van der Waals surface area contributed by atoms with Crippen LogP contribution in [-0.4, -0.2) is 5.78 Å². The van der Waals surface area contributed by atoms with Crippen LogP contribution in [0.1, 0.15) is 70.6 Å². The number of carbonyl (C=O) groups is 1. The van der Waals surface area contributed by atoms with Gasteiger partial charge in [-0.25, -0.2) is 0 Å². The standard InChI is InChI=1S/C14H24O/c15-14-10-8-13(9-11-14)7-6-12-4-2-1-3-5-12/h12-13H,1-11H2. The summed E-state index contributed by atoms with van der Waals surface area (Å²) in [7, 11) is 0. The van der Waals surface area contributed by atoms with E-state index in [4.69, 9.17) is 0 Å². The van der Waals surface area contributed by atoms with Gasteiger partial charge in [-0.1, -0.05) is 44.9 Å². The second-order valence-corrected chi connectivity index (χ2v) is 5.56. The fourth-order valence-electron chi connectivity index (χ4n) is 3.24. The summed E-state index contributed by atoms with van der Waals surface area (Å²) in [4.78, 5) is 11.1. The van der Waals surface area contributed by atoms with Gasteiger partial charge in [0.25, 0.3) is 0 Å². The van der Waals surface area contributed by atoms with Gasteiger partial charge in [0.15, 0.2) is 0 Å². The van der Waals surface area contributed by atoms with Crippen molar-refractivity contribution < 1.29 is 4.79 Å². The third kappa shape index (κ3) is 3.62. The highest BCUT2D eigenvalue weighted by atomic mass is 16.1. The molecule has 0 saturated heterocycles. The second kappa shape index (κ2) is 5.67. The van der Waals surface area contributed by atoms with E-state index in [0.717, 1.165) is 24.7 Å². The van der Waals surface area contributed by atoms with Crippen molar-refractivity contribution in [2.24, 2.45) is 11.8 Å². The van der Waals surface area contributed by atoms with Gasteiger partial charge >= 0.3 is 0 Å². The first kappa shape index (κ1) is 11.2. The van der Waals surface area contributed by atoms with Gasteiger partial charge in [0, 0.05) is 12.8 Å². The number of rotatable bonds is 3. The molecule has 0 aliphatic heterocycles. The van der Waals surface area contributed by atoms with Crippen molar-refractivity contribution in [1.29, 1.82) is 0 Å². The fourth-order valence-corrected chi connectivity index (χ4v) is 3.24. The van der Waals surface area contributed by atoms with E-state index >= 15 is 0 Å². The van der Waals surface area contributed by atoms with Crippen molar-refractivity contribution in [3.8, 4) is 0 Å². The lowest BCUT2D eigenvalue weighted by Crippen LogP contribution is -2.15. The molecule has 0 N–H and O–H groups in total. The molecule has 0 aromatic carbocycles. The van der Waals surface area contributed by atoms with E-state index in [1.807, 2.05) is 0 Å². The molecule has 0 unspecified atom stereocenters. The maximum Gasteiger partial charge on any atom is 0.132 e. The first-order valence-electron chi connectivity index (χ1n) is 6.86. The molecule has 1 heteroatoms. The van der Waals surface area contributed by atoms with Crippen molar-refractivity contribution in [3.63, 3.8) is 0 Å². The van der Waals surface area contributed by atoms with E-state index in [9.17, 15) is 4.79 Å². The van der Waals surface area contributed by atoms with E-state index in [0.29, 0.717) is 5.78 Å². The van der Waals surface area contributed by atoms with Crippen molar-refractivity contribution in [1.82, 2.24) is 0 Å². The quantitative estimate of drug-likeness (QED) is 0.682. The van der Waals surface area contributed by atoms with Gasteiger partial charge in [-0.15, -0.1) is 0 Å². The highest BCUT2D eigenvalue weighted by molar-refractivity contribution is 5.78. The molecule has 0 aromatic rings. The Bertz CT molecular complexity index is 193. The first-order chi connectivity index (χ1) is 7.34. The molecule has 0 spiro atoms. The summed E-state index contributed by atoms with van der Waals surface area (Å²) in [6, 6.07) is 0. The number of hydrogen-bond donors (Lipinski definition) is 0. The molecule has 0 radical (unpaired) electrons. The minimum atomic E-state index is 0.504. The van der Waals surface area contributed by atoms with Crippen molar-refractivity contribution >= 4 is 5.78 Å². The van der Waals surface area contributed by atoms with Crippen molar-refractivity contribution in [2.45, 2.75) is 70.6 Å². The number of Topliss-reactive ketones (excluding diaryl/α,β-unsaturated/α-hetero) is 1. The maximum absolute atomic E-state index is 11.1. The maximum atomic E-state index is 11.1. The van der Waals surface area contributed by atoms with Gasteiger partial charge in [0.1, 0.15) is 5.78 Å². The van der Waals surface area contributed by atoms with Crippen LogP contribution >= 0.6 is 0 Å². The predicted molar refractivity (Wildman–Crippen MR) is 62.8 cm³/mol. The Kier molecular flexibility index (Phi) is 4.22. The Balaban J connectivity index is 1.62. The Labute approximate surface area is 93.6 Å². The van der Waals surface area contributed by atoms with Gasteiger partial charge in [0.2, 0.25) is 0 Å². The highest BCUT2D eigenvalue weighted by Crippen LogP contribution is 2.32. The largest absolute Gasteiger partial charge is 0.300 e. The van der Waals surface area contributed by atoms with Crippen LogP contribution in [0.25, 0.3) is 0 Å². The Morgan fingerprint density at radius 2 is 1.33 bits per heavy atom. The van der Waals surface area contributed by atoms with Crippen LogP contribution in [0.5, 0.6) is 0 Å². The lowest BCUT2D eigenvalue weighted by molar-refractivity contribution is -0.121. The van der Waals surface area contributed by atoms with Gasteiger partial charge in [-0.2, -0.15) is 0 Å². The number of carbonyl (C=O) groups excluding carboxylic acids is 1. The van der Waals surface area contributed by atoms with Crippen LogP contribution in [0.3, 0.4) is 0 Å². The summed E-state index contributed by atoms with van der Waals surface area (Å²) in [6.45, 7) is 0. The summed E-state index contributed by atoms with van der Waals surface area (Å²) in [5.74, 6) is 2.41. The monoisotopic (exact) mass is 208 g/mol. The van der Waals surface area contributed by atoms with E-state index in [1.54, 1.807) is 0 Å².